The monoisotopic (exact) mass is 292 g/mol. The van der Waals surface area contributed by atoms with Gasteiger partial charge in [0.25, 0.3) is 5.69 Å². The molecule has 1 aromatic heterocycles. The number of carboxylic acids is 1. The largest absolute Gasteiger partial charge is 0.478 e. The number of aromatic carboxylic acids is 1. The van der Waals surface area contributed by atoms with Crippen molar-refractivity contribution in [2.75, 3.05) is 11.9 Å². The fraction of sp³-hybridized carbons (Fsp3) is 0.250. The summed E-state index contributed by atoms with van der Waals surface area (Å²) in [5.74, 6) is -0.290. The van der Waals surface area contributed by atoms with Crippen molar-refractivity contribution in [2.45, 2.75) is 13.3 Å². The number of carbonyl (C=O) groups is 1. The third-order valence-corrected chi connectivity index (χ3v) is 2.68. The first kappa shape index (κ1) is 14.4. The third-order valence-electron chi connectivity index (χ3n) is 2.68. The number of nitrogens with one attached hydrogen (secondary N) is 1. The molecule has 0 unspecified atom stereocenters. The first-order chi connectivity index (χ1) is 9.97. The Bertz CT molecular complexity index is 682. The quantitative estimate of drug-likeness (QED) is 0.606. The van der Waals surface area contributed by atoms with Gasteiger partial charge in [-0.3, -0.25) is 10.1 Å². The summed E-state index contributed by atoms with van der Waals surface area (Å²) in [7, 11) is 0. The molecule has 0 radical (unpaired) electrons. The molecule has 0 saturated carbocycles. The number of hydrogen-bond acceptors (Lipinski definition) is 7. The molecule has 110 valence electrons. The Morgan fingerprint density at radius 1 is 1.52 bits per heavy atom. The Hall–Kier alpha value is -2.97. The zero-order chi connectivity index (χ0) is 15.4. The van der Waals surface area contributed by atoms with Crippen molar-refractivity contribution in [3.05, 3.63) is 45.6 Å². The molecule has 0 aliphatic carbocycles. The van der Waals surface area contributed by atoms with Crippen LogP contribution in [0.1, 0.15) is 22.1 Å². The number of carboxylic acid groups (broad SMARTS) is 1. The van der Waals surface area contributed by atoms with Gasteiger partial charge in [-0.1, -0.05) is 5.16 Å². The minimum atomic E-state index is -1.24. The van der Waals surface area contributed by atoms with E-state index in [1.807, 2.05) is 0 Å². The third kappa shape index (κ3) is 3.53. The van der Waals surface area contributed by atoms with E-state index >= 15 is 0 Å². The molecular weight excluding hydrogens is 280 g/mol. The lowest BCUT2D eigenvalue weighted by Crippen LogP contribution is -2.10. The summed E-state index contributed by atoms with van der Waals surface area (Å²) in [4.78, 5) is 25.2. The number of aryl methyl sites for hydroxylation is 1. The van der Waals surface area contributed by atoms with Gasteiger partial charge in [-0.25, -0.2) is 4.79 Å². The highest BCUT2D eigenvalue weighted by atomic mass is 16.6. The van der Waals surface area contributed by atoms with Gasteiger partial charge < -0.3 is 14.9 Å². The first-order valence-electron chi connectivity index (χ1n) is 6.02. The van der Waals surface area contributed by atoms with Crippen molar-refractivity contribution in [3.63, 3.8) is 0 Å². The van der Waals surface area contributed by atoms with Crippen LogP contribution in [0.25, 0.3) is 0 Å². The van der Waals surface area contributed by atoms with Gasteiger partial charge in [-0.05, 0) is 6.07 Å². The predicted molar refractivity (Wildman–Crippen MR) is 71.3 cm³/mol. The minimum Gasteiger partial charge on any atom is -0.478 e. The summed E-state index contributed by atoms with van der Waals surface area (Å²) in [5.41, 5.74) is -0.131. The zero-order valence-electron chi connectivity index (χ0n) is 11.1. The number of nitrogens with zero attached hydrogens (tertiary/aromatic N) is 3. The maximum absolute atomic E-state index is 11.1. The van der Waals surface area contributed by atoms with Crippen molar-refractivity contribution in [3.8, 4) is 0 Å². The minimum absolute atomic E-state index is 0.159. The van der Waals surface area contributed by atoms with E-state index in [2.05, 4.69) is 15.5 Å². The average molecular weight is 292 g/mol. The molecule has 9 nitrogen and oxygen atoms in total. The highest BCUT2D eigenvalue weighted by Crippen LogP contribution is 2.22. The predicted octanol–water partition coefficient (Wildman–Crippen LogP) is 1.64. The lowest BCUT2D eigenvalue weighted by molar-refractivity contribution is -0.384. The number of non-ortho nitro benzene ring substituents is 1. The fourth-order valence-electron chi connectivity index (χ4n) is 1.73. The summed E-state index contributed by atoms with van der Waals surface area (Å²) in [6.45, 7) is 2.04. The second-order valence-corrected chi connectivity index (χ2v) is 4.20. The normalized spacial score (nSPS) is 10.3. The lowest BCUT2D eigenvalue weighted by Gasteiger charge is -2.08. The maximum Gasteiger partial charge on any atom is 0.338 e. The van der Waals surface area contributed by atoms with Crippen molar-refractivity contribution < 1.29 is 19.3 Å². The Morgan fingerprint density at radius 2 is 2.29 bits per heavy atom. The molecule has 1 aromatic carbocycles. The number of nitro groups is 1. The number of anilines is 1. The summed E-state index contributed by atoms with van der Waals surface area (Å²) in [5, 5.41) is 26.3. The van der Waals surface area contributed by atoms with Crippen molar-refractivity contribution in [1.82, 2.24) is 10.1 Å². The van der Waals surface area contributed by atoms with Crippen LogP contribution in [0.15, 0.2) is 22.7 Å². The highest BCUT2D eigenvalue weighted by molar-refractivity contribution is 5.95. The average Bonchev–Trinajstić information content (AvgIpc) is 2.84. The SMILES string of the molecule is Cc1nc(CCNc2ccc([N+](=O)[O-])cc2C(=O)O)no1. The van der Waals surface area contributed by atoms with Crippen LogP contribution in [0.5, 0.6) is 0 Å². The van der Waals surface area contributed by atoms with E-state index in [4.69, 9.17) is 9.63 Å². The van der Waals surface area contributed by atoms with Crippen LogP contribution >= 0.6 is 0 Å². The van der Waals surface area contributed by atoms with Gasteiger partial charge in [0, 0.05) is 37.7 Å². The van der Waals surface area contributed by atoms with Crippen LogP contribution in [-0.2, 0) is 6.42 Å². The number of aromatic nitrogens is 2. The lowest BCUT2D eigenvalue weighted by atomic mass is 10.1. The van der Waals surface area contributed by atoms with Gasteiger partial charge >= 0.3 is 5.97 Å². The van der Waals surface area contributed by atoms with Gasteiger partial charge in [-0.2, -0.15) is 4.98 Å². The second-order valence-electron chi connectivity index (χ2n) is 4.20. The molecular formula is C12H12N4O5. The van der Waals surface area contributed by atoms with Gasteiger partial charge in [0.1, 0.15) is 0 Å². The number of rotatable bonds is 6. The van der Waals surface area contributed by atoms with E-state index < -0.39 is 10.9 Å². The van der Waals surface area contributed by atoms with Crippen molar-refractivity contribution in [2.24, 2.45) is 0 Å². The van der Waals surface area contributed by atoms with Crippen LogP contribution < -0.4 is 5.32 Å². The van der Waals surface area contributed by atoms with Gasteiger partial charge in [-0.15, -0.1) is 0 Å². The topological polar surface area (TPSA) is 131 Å². The van der Waals surface area contributed by atoms with E-state index in [9.17, 15) is 14.9 Å². The van der Waals surface area contributed by atoms with Crippen LogP contribution in [-0.4, -0.2) is 32.7 Å². The number of hydrogen-bond donors (Lipinski definition) is 2. The van der Waals surface area contributed by atoms with Crippen molar-refractivity contribution in [1.29, 1.82) is 0 Å². The summed E-state index contributed by atoms with van der Waals surface area (Å²) < 4.78 is 4.81. The molecule has 9 heteroatoms. The Morgan fingerprint density at radius 3 is 2.86 bits per heavy atom. The molecule has 2 N–H and O–H groups in total. The first-order valence-corrected chi connectivity index (χ1v) is 6.02. The van der Waals surface area contributed by atoms with E-state index in [1.165, 1.54) is 12.1 Å². The smallest absolute Gasteiger partial charge is 0.338 e. The zero-order valence-corrected chi connectivity index (χ0v) is 11.1. The second kappa shape index (κ2) is 5.99. The molecule has 0 spiro atoms. The van der Waals surface area contributed by atoms with Gasteiger partial charge in [0.2, 0.25) is 5.89 Å². The van der Waals surface area contributed by atoms with Gasteiger partial charge in [0.05, 0.1) is 10.5 Å². The number of nitro benzene ring substituents is 1. The van der Waals surface area contributed by atoms with E-state index in [-0.39, 0.29) is 11.3 Å². The Labute approximate surface area is 118 Å². The van der Waals surface area contributed by atoms with Crippen LogP contribution in [0.4, 0.5) is 11.4 Å². The molecule has 0 fully saturated rings. The summed E-state index contributed by atoms with van der Waals surface area (Å²) in [6.07, 6.45) is 0.438. The summed E-state index contributed by atoms with van der Waals surface area (Å²) >= 11 is 0. The Kier molecular flexibility index (Phi) is 4.12. The molecule has 0 atom stereocenters. The fourth-order valence-corrected chi connectivity index (χ4v) is 1.73. The highest BCUT2D eigenvalue weighted by Gasteiger charge is 2.15. The molecule has 1 heterocycles. The number of benzene rings is 1. The molecule has 0 bridgehead atoms. The van der Waals surface area contributed by atoms with Crippen molar-refractivity contribution >= 4 is 17.3 Å². The molecule has 21 heavy (non-hydrogen) atoms. The van der Waals surface area contributed by atoms with Gasteiger partial charge in [0.15, 0.2) is 5.82 Å². The Balaban J connectivity index is 2.08. The van der Waals surface area contributed by atoms with Crippen LogP contribution in [0, 0.1) is 17.0 Å². The molecule has 0 aliphatic rings. The molecule has 0 amide bonds. The maximum atomic E-state index is 11.1. The molecule has 2 rings (SSSR count). The molecule has 2 aromatic rings. The molecule has 0 saturated heterocycles. The van der Waals surface area contributed by atoms with Crippen LogP contribution in [0.3, 0.4) is 0 Å². The standard InChI is InChI=1S/C12H12N4O5/c1-7-14-11(15-21-7)4-5-13-10-3-2-8(16(19)20)6-9(10)12(17)18/h2-3,6,13H,4-5H2,1H3,(H,17,18). The van der Waals surface area contributed by atoms with E-state index in [1.54, 1.807) is 6.92 Å². The molecule has 0 aliphatic heterocycles. The van der Waals surface area contributed by atoms with E-state index in [0.29, 0.717) is 30.4 Å². The van der Waals surface area contributed by atoms with Crippen LogP contribution in [0.2, 0.25) is 0 Å². The summed E-state index contributed by atoms with van der Waals surface area (Å²) in [6, 6.07) is 3.62. The van der Waals surface area contributed by atoms with E-state index in [0.717, 1.165) is 6.07 Å².